The van der Waals surface area contributed by atoms with E-state index in [2.05, 4.69) is 32.0 Å². The number of rotatable bonds is 5. The van der Waals surface area contributed by atoms with E-state index in [1.165, 1.54) is 16.7 Å². The predicted molar refractivity (Wildman–Crippen MR) is 81.9 cm³/mol. The highest BCUT2D eigenvalue weighted by molar-refractivity contribution is 5.34. The van der Waals surface area contributed by atoms with Crippen molar-refractivity contribution in [1.29, 1.82) is 0 Å². The molecule has 2 heteroatoms. The summed E-state index contributed by atoms with van der Waals surface area (Å²) in [5.74, 6) is 0.833. The average molecular weight is 270 g/mol. The summed E-state index contributed by atoms with van der Waals surface area (Å²) in [6, 6.07) is 14.0. The molecule has 0 aliphatic rings. The molecule has 0 radical (unpaired) electrons. The highest BCUT2D eigenvalue weighted by Gasteiger charge is 2.06. The van der Waals surface area contributed by atoms with Crippen molar-refractivity contribution in [2.45, 2.75) is 39.9 Å². The Kier molecular flexibility index (Phi) is 4.80. The van der Waals surface area contributed by atoms with Crippen LogP contribution in [-0.2, 0) is 6.61 Å². The highest BCUT2D eigenvalue weighted by Crippen LogP contribution is 2.21. The Balaban J connectivity index is 2.04. The van der Waals surface area contributed by atoms with Crippen LogP contribution in [0.25, 0.3) is 0 Å². The fourth-order valence-corrected chi connectivity index (χ4v) is 2.25. The standard InChI is InChI=1S/C18H22O2/c1-4-18(19)15-8-10-16(11-9-15)20-12-17-13(2)6-5-7-14(17)3/h5-11,18-19H,4,12H2,1-3H3/t18-/m1/s1. The lowest BCUT2D eigenvalue weighted by atomic mass is 10.0. The van der Waals surface area contributed by atoms with E-state index in [4.69, 9.17) is 4.74 Å². The van der Waals surface area contributed by atoms with Gasteiger partial charge >= 0.3 is 0 Å². The van der Waals surface area contributed by atoms with Gasteiger partial charge in [0.15, 0.2) is 0 Å². The molecule has 0 fully saturated rings. The van der Waals surface area contributed by atoms with Gasteiger partial charge in [0.1, 0.15) is 12.4 Å². The molecule has 20 heavy (non-hydrogen) atoms. The van der Waals surface area contributed by atoms with Gasteiger partial charge in [0.05, 0.1) is 6.10 Å². The number of hydrogen-bond acceptors (Lipinski definition) is 2. The van der Waals surface area contributed by atoms with Crippen molar-refractivity contribution in [1.82, 2.24) is 0 Å². The molecule has 0 heterocycles. The fourth-order valence-electron chi connectivity index (χ4n) is 2.25. The van der Waals surface area contributed by atoms with Crippen LogP contribution in [0.15, 0.2) is 42.5 Å². The van der Waals surface area contributed by atoms with Crippen molar-refractivity contribution in [3.05, 3.63) is 64.7 Å². The second kappa shape index (κ2) is 6.58. The lowest BCUT2D eigenvalue weighted by Gasteiger charge is -2.13. The van der Waals surface area contributed by atoms with E-state index < -0.39 is 0 Å². The molecule has 2 aromatic rings. The number of aryl methyl sites for hydroxylation is 2. The van der Waals surface area contributed by atoms with Gasteiger partial charge in [-0.15, -0.1) is 0 Å². The van der Waals surface area contributed by atoms with E-state index in [9.17, 15) is 5.11 Å². The third-order valence-corrected chi connectivity index (χ3v) is 3.68. The average Bonchev–Trinajstić information content (AvgIpc) is 2.46. The van der Waals surface area contributed by atoms with Crippen molar-refractivity contribution in [3.8, 4) is 5.75 Å². The lowest BCUT2D eigenvalue weighted by Crippen LogP contribution is -2.01. The Hall–Kier alpha value is -1.80. The van der Waals surface area contributed by atoms with Gasteiger partial charge in [0.2, 0.25) is 0 Å². The van der Waals surface area contributed by atoms with Crippen LogP contribution in [0.1, 0.15) is 41.7 Å². The molecule has 2 rings (SSSR count). The first kappa shape index (κ1) is 14.6. The van der Waals surface area contributed by atoms with Crippen molar-refractivity contribution >= 4 is 0 Å². The molecule has 106 valence electrons. The van der Waals surface area contributed by atoms with E-state index in [1.807, 2.05) is 31.2 Å². The van der Waals surface area contributed by atoms with E-state index >= 15 is 0 Å². The molecule has 0 saturated heterocycles. The molecular formula is C18H22O2. The third kappa shape index (κ3) is 3.40. The van der Waals surface area contributed by atoms with Crippen molar-refractivity contribution < 1.29 is 9.84 Å². The van der Waals surface area contributed by atoms with Crippen LogP contribution in [-0.4, -0.2) is 5.11 Å². The van der Waals surface area contributed by atoms with Crippen LogP contribution in [0.5, 0.6) is 5.75 Å². The Labute approximate surface area is 121 Å². The summed E-state index contributed by atoms with van der Waals surface area (Å²) in [7, 11) is 0. The maximum atomic E-state index is 9.76. The zero-order valence-electron chi connectivity index (χ0n) is 12.4. The molecule has 0 aliphatic carbocycles. The fraction of sp³-hybridized carbons (Fsp3) is 0.333. The van der Waals surface area contributed by atoms with E-state index in [0.717, 1.165) is 17.7 Å². The summed E-state index contributed by atoms with van der Waals surface area (Å²) in [5, 5.41) is 9.76. The smallest absolute Gasteiger partial charge is 0.119 e. The minimum Gasteiger partial charge on any atom is -0.489 e. The monoisotopic (exact) mass is 270 g/mol. The lowest BCUT2D eigenvalue weighted by molar-refractivity contribution is 0.173. The first-order valence-electron chi connectivity index (χ1n) is 7.07. The van der Waals surface area contributed by atoms with Gasteiger partial charge < -0.3 is 9.84 Å². The first-order valence-corrected chi connectivity index (χ1v) is 7.07. The number of aliphatic hydroxyl groups is 1. The number of aliphatic hydroxyl groups excluding tert-OH is 1. The van der Waals surface area contributed by atoms with Gasteiger partial charge in [-0.1, -0.05) is 37.3 Å². The van der Waals surface area contributed by atoms with Crippen LogP contribution < -0.4 is 4.74 Å². The molecule has 2 aromatic carbocycles. The summed E-state index contributed by atoms with van der Waals surface area (Å²) < 4.78 is 5.84. The Morgan fingerprint density at radius 3 is 2.15 bits per heavy atom. The van der Waals surface area contributed by atoms with Crippen molar-refractivity contribution in [3.63, 3.8) is 0 Å². The Bertz CT molecular complexity index is 538. The van der Waals surface area contributed by atoms with Crippen molar-refractivity contribution in [2.24, 2.45) is 0 Å². The molecule has 0 aromatic heterocycles. The van der Waals surface area contributed by atoms with Crippen LogP contribution in [0.4, 0.5) is 0 Å². The molecule has 0 bridgehead atoms. The topological polar surface area (TPSA) is 29.5 Å². The largest absolute Gasteiger partial charge is 0.489 e. The van der Waals surface area contributed by atoms with E-state index in [-0.39, 0.29) is 6.10 Å². The SMILES string of the molecule is CC[C@@H](O)c1ccc(OCc2c(C)cccc2C)cc1. The second-order valence-corrected chi connectivity index (χ2v) is 5.15. The summed E-state index contributed by atoms with van der Waals surface area (Å²) in [6.45, 7) is 6.75. The Morgan fingerprint density at radius 1 is 1.00 bits per heavy atom. The van der Waals surface area contributed by atoms with E-state index in [1.54, 1.807) is 0 Å². The van der Waals surface area contributed by atoms with Crippen LogP contribution in [0, 0.1) is 13.8 Å². The summed E-state index contributed by atoms with van der Waals surface area (Å²) in [4.78, 5) is 0. The molecule has 2 nitrogen and oxygen atoms in total. The molecular weight excluding hydrogens is 248 g/mol. The number of benzene rings is 2. The summed E-state index contributed by atoms with van der Waals surface area (Å²) in [5.41, 5.74) is 4.68. The molecule has 0 unspecified atom stereocenters. The van der Waals surface area contributed by atoms with Gasteiger partial charge in [0.25, 0.3) is 0 Å². The molecule has 0 aliphatic heterocycles. The van der Waals surface area contributed by atoms with Gasteiger partial charge in [-0.05, 0) is 54.7 Å². The maximum Gasteiger partial charge on any atom is 0.119 e. The predicted octanol–water partition coefficient (Wildman–Crippen LogP) is 4.33. The second-order valence-electron chi connectivity index (χ2n) is 5.15. The van der Waals surface area contributed by atoms with Crippen LogP contribution in [0.3, 0.4) is 0 Å². The molecule has 0 spiro atoms. The zero-order valence-corrected chi connectivity index (χ0v) is 12.4. The zero-order chi connectivity index (χ0) is 14.5. The summed E-state index contributed by atoms with van der Waals surface area (Å²) >= 11 is 0. The van der Waals surface area contributed by atoms with Crippen molar-refractivity contribution in [2.75, 3.05) is 0 Å². The van der Waals surface area contributed by atoms with Gasteiger partial charge in [0, 0.05) is 0 Å². The number of ether oxygens (including phenoxy) is 1. The molecule has 1 N–H and O–H groups in total. The maximum absolute atomic E-state index is 9.76. The summed E-state index contributed by atoms with van der Waals surface area (Å²) in [6.07, 6.45) is 0.338. The normalized spacial score (nSPS) is 12.2. The van der Waals surface area contributed by atoms with Crippen LogP contribution in [0.2, 0.25) is 0 Å². The molecule has 0 saturated carbocycles. The van der Waals surface area contributed by atoms with Gasteiger partial charge in [-0.3, -0.25) is 0 Å². The van der Waals surface area contributed by atoms with Crippen LogP contribution >= 0.6 is 0 Å². The van der Waals surface area contributed by atoms with E-state index in [0.29, 0.717) is 6.61 Å². The minimum atomic E-state index is -0.386. The molecule has 0 amide bonds. The first-order chi connectivity index (χ1) is 9.61. The quantitative estimate of drug-likeness (QED) is 0.876. The minimum absolute atomic E-state index is 0.386. The van der Waals surface area contributed by atoms with Gasteiger partial charge in [-0.25, -0.2) is 0 Å². The third-order valence-electron chi connectivity index (χ3n) is 3.68. The number of hydrogen-bond donors (Lipinski definition) is 1. The van der Waals surface area contributed by atoms with Gasteiger partial charge in [-0.2, -0.15) is 0 Å². The highest BCUT2D eigenvalue weighted by atomic mass is 16.5. The molecule has 1 atom stereocenters. The Morgan fingerprint density at radius 2 is 1.60 bits per heavy atom.